The molecule has 5 nitrogen and oxygen atoms in total. The van der Waals surface area contributed by atoms with Crippen LogP contribution in [0.4, 0.5) is 0 Å². The van der Waals surface area contributed by atoms with Crippen LogP contribution in [0.25, 0.3) is 0 Å². The molecule has 5 heteroatoms. The van der Waals surface area contributed by atoms with E-state index in [4.69, 9.17) is 9.47 Å². The number of hydrogen-bond acceptors (Lipinski definition) is 5. The van der Waals surface area contributed by atoms with Gasteiger partial charge in [0.1, 0.15) is 11.5 Å². The number of methoxy groups -OCH3 is 1. The zero-order valence-electron chi connectivity index (χ0n) is 27.5. The van der Waals surface area contributed by atoms with Gasteiger partial charge in [0, 0.05) is 11.8 Å². The van der Waals surface area contributed by atoms with Gasteiger partial charge in [-0.15, -0.1) is 0 Å². The molecule has 5 rings (SSSR count). The van der Waals surface area contributed by atoms with E-state index in [1.807, 2.05) is 0 Å². The summed E-state index contributed by atoms with van der Waals surface area (Å²) in [7, 11) is 1.49. The molecule has 0 radical (unpaired) electrons. The highest BCUT2D eigenvalue weighted by atomic mass is 16.5. The first-order chi connectivity index (χ1) is 19.0. The SMILES string of the molecule is CCCCC(=O)O[C@H]1CC[C@]2(C)[C@H]3CC=C4[C@@H]5CC(C)(C)CC[C@]5(C(=O)OC)[C@H](O)C[C@@]4(C)[C@]3(C)CC[C@H]2C1(C)C. The second-order valence-electron chi connectivity index (χ2n) is 16.9. The monoisotopic (exact) mass is 570 g/mol. The molecule has 0 aromatic carbocycles. The molecule has 0 aromatic heterocycles. The minimum Gasteiger partial charge on any atom is -0.468 e. The Morgan fingerprint density at radius 2 is 1.66 bits per heavy atom. The van der Waals surface area contributed by atoms with Crippen molar-refractivity contribution >= 4 is 11.9 Å². The summed E-state index contributed by atoms with van der Waals surface area (Å²) in [5.41, 5.74) is 0.614. The fourth-order valence-electron chi connectivity index (χ4n) is 11.6. The molecule has 4 fully saturated rings. The highest BCUT2D eigenvalue weighted by molar-refractivity contribution is 5.79. The number of allylic oxidation sites excluding steroid dienone is 2. The smallest absolute Gasteiger partial charge is 0.315 e. The second kappa shape index (κ2) is 10.1. The number of aliphatic hydroxyl groups excluding tert-OH is 1. The average Bonchev–Trinajstić information content (AvgIpc) is 2.89. The van der Waals surface area contributed by atoms with Crippen molar-refractivity contribution in [3.05, 3.63) is 11.6 Å². The summed E-state index contributed by atoms with van der Waals surface area (Å²) < 4.78 is 11.6. The molecule has 5 aliphatic carbocycles. The molecule has 0 aromatic rings. The van der Waals surface area contributed by atoms with Crippen molar-refractivity contribution in [2.24, 2.45) is 50.2 Å². The number of carbonyl (C=O) groups is 2. The van der Waals surface area contributed by atoms with Crippen LogP contribution >= 0.6 is 0 Å². The summed E-state index contributed by atoms with van der Waals surface area (Å²) in [4.78, 5) is 26.2. The van der Waals surface area contributed by atoms with Crippen molar-refractivity contribution in [3.8, 4) is 0 Å². The number of rotatable bonds is 5. The number of ether oxygens (including phenoxy) is 2. The van der Waals surface area contributed by atoms with E-state index in [1.54, 1.807) is 0 Å². The first-order valence-electron chi connectivity index (χ1n) is 16.7. The fourth-order valence-corrected chi connectivity index (χ4v) is 11.6. The second-order valence-corrected chi connectivity index (χ2v) is 16.9. The quantitative estimate of drug-likeness (QED) is 0.268. The van der Waals surface area contributed by atoms with Gasteiger partial charge in [0.25, 0.3) is 0 Å². The maximum atomic E-state index is 13.5. The highest BCUT2D eigenvalue weighted by Gasteiger charge is 2.71. The van der Waals surface area contributed by atoms with Gasteiger partial charge in [0.05, 0.1) is 13.2 Å². The molecule has 0 saturated heterocycles. The molecule has 232 valence electrons. The Bertz CT molecular complexity index is 1090. The van der Waals surface area contributed by atoms with Crippen LogP contribution < -0.4 is 0 Å². The number of hydrogen-bond donors (Lipinski definition) is 1. The van der Waals surface area contributed by atoms with E-state index in [0.717, 1.165) is 57.8 Å². The third kappa shape index (κ3) is 4.32. The number of aliphatic hydroxyl groups is 1. The summed E-state index contributed by atoms with van der Waals surface area (Å²) in [5.74, 6) is 0.719. The zero-order valence-corrected chi connectivity index (χ0v) is 27.5. The Morgan fingerprint density at radius 1 is 0.951 bits per heavy atom. The number of fused-ring (bicyclic) bond motifs is 7. The molecule has 0 heterocycles. The maximum absolute atomic E-state index is 13.5. The number of esters is 2. The van der Waals surface area contributed by atoms with Crippen molar-refractivity contribution in [2.75, 3.05) is 7.11 Å². The molecule has 0 bridgehead atoms. The molecule has 4 saturated carbocycles. The summed E-state index contributed by atoms with van der Waals surface area (Å²) in [6.45, 7) is 18.9. The highest BCUT2D eigenvalue weighted by Crippen LogP contribution is 2.76. The van der Waals surface area contributed by atoms with Crippen molar-refractivity contribution in [1.82, 2.24) is 0 Å². The molecular formula is C36H58O5. The van der Waals surface area contributed by atoms with Gasteiger partial charge in [-0.1, -0.05) is 73.5 Å². The molecular weight excluding hydrogens is 512 g/mol. The van der Waals surface area contributed by atoms with Crippen LogP contribution in [0.15, 0.2) is 11.6 Å². The van der Waals surface area contributed by atoms with Gasteiger partial charge in [-0.2, -0.15) is 0 Å². The van der Waals surface area contributed by atoms with E-state index >= 15 is 0 Å². The third-order valence-electron chi connectivity index (χ3n) is 14.2. The van der Waals surface area contributed by atoms with E-state index in [0.29, 0.717) is 31.1 Å². The van der Waals surface area contributed by atoms with E-state index in [2.05, 4.69) is 61.5 Å². The van der Waals surface area contributed by atoms with Crippen LogP contribution in [0.1, 0.15) is 132 Å². The lowest BCUT2D eigenvalue weighted by Crippen LogP contribution is -2.67. The summed E-state index contributed by atoms with van der Waals surface area (Å²) in [5, 5.41) is 12.0. The average molecular weight is 571 g/mol. The van der Waals surface area contributed by atoms with Crippen LogP contribution in [-0.2, 0) is 19.1 Å². The zero-order chi connectivity index (χ0) is 30.2. The van der Waals surface area contributed by atoms with Gasteiger partial charge in [-0.25, -0.2) is 0 Å². The normalized spacial score (nSPS) is 46.1. The lowest BCUT2D eigenvalue weighted by atomic mass is 9.33. The third-order valence-corrected chi connectivity index (χ3v) is 14.2. The maximum Gasteiger partial charge on any atom is 0.315 e. The van der Waals surface area contributed by atoms with Crippen LogP contribution in [0.3, 0.4) is 0 Å². The number of carbonyl (C=O) groups excluding carboxylic acids is 2. The molecule has 0 spiro atoms. The topological polar surface area (TPSA) is 72.8 Å². The van der Waals surface area contributed by atoms with E-state index < -0.39 is 11.5 Å². The van der Waals surface area contributed by atoms with Gasteiger partial charge in [-0.3, -0.25) is 9.59 Å². The Hall–Kier alpha value is -1.36. The Labute approximate surface area is 249 Å². The Balaban J connectivity index is 1.51. The van der Waals surface area contributed by atoms with E-state index in [1.165, 1.54) is 12.7 Å². The summed E-state index contributed by atoms with van der Waals surface area (Å²) >= 11 is 0. The van der Waals surface area contributed by atoms with E-state index in [-0.39, 0.29) is 51.0 Å². The predicted octanol–water partition coefficient (Wildman–Crippen LogP) is 8.03. The minimum atomic E-state index is -0.832. The first kappa shape index (κ1) is 31.1. The summed E-state index contributed by atoms with van der Waals surface area (Å²) in [6, 6.07) is 0. The van der Waals surface area contributed by atoms with Crippen LogP contribution in [0.5, 0.6) is 0 Å². The van der Waals surface area contributed by atoms with E-state index in [9.17, 15) is 14.7 Å². The largest absolute Gasteiger partial charge is 0.468 e. The van der Waals surface area contributed by atoms with Gasteiger partial charge < -0.3 is 14.6 Å². The van der Waals surface area contributed by atoms with Crippen LogP contribution in [0, 0.1) is 50.2 Å². The van der Waals surface area contributed by atoms with Crippen molar-refractivity contribution < 1.29 is 24.2 Å². The lowest BCUT2D eigenvalue weighted by molar-refractivity contribution is -0.224. The molecule has 9 atom stereocenters. The summed E-state index contributed by atoms with van der Waals surface area (Å²) in [6.07, 6.45) is 12.6. The molecule has 41 heavy (non-hydrogen) atoms. The molecule has 1 N–H and O–H groups in total. The molecule has 5 aliphatic rings. The first-order valence-corrected chi connectivity index (χ1v) is 16.7. The predicted molar refractivity (Wildman–Crippen MR) is 162 cm³/mol. The van der Waals surface area contributed by atoms with Crippen molar-refractivity contribution in [3.63, 3.8) is 0 Å². The van der Waals surface area contributed by atoms with Crippen molar-refractivity contribution in [1.29, 1.82) is 0 Å². The Kier molecular flexibility index (Phi) is 7.65. The van der Waals surface area contributed by atoms with Gasteiger partial charge in [0.2, 0.25) is 0 Å². The van der Waals surface area contributed by atoms with Gasteiger partial charge in [0.15, 0.2) is 0 Å². The standard InChI is InChI=1S/C36H58O5/c1-10-11-12-29(38)41-28-16-17-33(6)25(32(28,4)5)15-18-34(7)26(33)14-13-23-24-21-31(2,3)19-20-36(24,30(39)40-9)27(37)22-35(23,34)8/h13,24-28,37H,10-12,14-22H2,1-9H3/t24-,25-,26+,27+,28-,33-,34+,35+,36+/m0/s1. The molecule has 0 aliphatic heterocycles. The van der Waals surface area contributed by atoms with Crippen LogP contribution in [0.2, 0.25) is 0 Å². The van der Waals surface area contributed by atoms with Gasteiger partial charge in [-0.05, 0) is 104 Å². The minimum absolute atomic E-state index is 0.0189. The van der Waals surface area contributed by atoms with Gasteiger partial charge >= 0.3 is 11.9 Å². The number of unbranched alkanes of at least 4 members (excludes halogenated alkanes) is 1. The lowest BCUT2D eigenvalue weighted by Gasteiger charge is -2.71. The molecule has 0 unspecified atom stereocenters. The molecule has 0 amide bonds. The fraction of sp³-hybridized carbons (Fsp3) is 0.889. The van der Waals surface area contributed by atoms with Crippen molar-refractivity contribution in [2.45, 2.75) is 145 Å². The van der Waals surface area contributed by atoms with Crippen LogP contribution in [-0.4, -0.2) is 36.4 Å². The Morgan fingerprint density at radius 3 is 2.32 bits per heavy atom.